The molecule has 4 rings (SSSR count). The smallest absolute Gasteiger partial charge is 0.334 e. The van der Waals surface area contributed by atoms with Crippen molar-refractivity contribution in [3.05, 3.63) is 65.7 Å². The number of para-hydroxylation sites is 1. The molecule has 258 valence electrons. The summed E-state index contributed by atoms with van der Waals surface area (Å²) in [4.78, 5) is 49.5. The monoisotopic (exact) mass is 668 g/mol. The zero-order chi connectivity index (χ0) is 35.0. The molecular formula is C34H40N2O12. The van der Waals surface area contributed by atoms with Crippen LogP contribution in [0.25, 0.3) is 0 Å². The van der Waals surface area contributed by atoms with E-state index in [1.807, 2.05) is 44.2 Å². The number of carbonyl (C=O) groups is 4. The van der Waals surface area contributed by atoms with Gasteiger partial charge in [-0.3, -0.25) is 19.2 Å². The second-order valence-corrected chi connectivity index (χ2v) is 11.3. The molecule has 1 fully saturated rings. The maximum Gasteiger partial charge on any atom is 0.334 e. The molecule has 2 aromatic carbocycles. The molecule has 0 radical (unpaired) electrons. The minimum atomic E-state index is -2.36. The van der Waals surface area contributed by atoms with Gasteiger partial charge in [-0.1, -0.05) is 30.3 Å². The van der Waals surface area contributed by atoms with Crippen LogP contribution in [0, 0.1) is 0 Å². The summed E-state index contributed by atoms with van der Waals surface area (Å²) in [5, 5.41) is 4.75. The zero-order valence-electron chi connectivity index (χ0n) is 27.9. The third-order valence-electron chi connectivity index (χ3n) is 7.17. The fourth-order valence-corrected chi connectivity index (χ4v) is 5.16. The molecule has 14 heteroatoms. The highest BCUT2D eigenvalue weighted by atomic mass is 16.8. The molecule has 0 bridgehead atoms. The summed E-state index contributed by atoms with van der Waals surface area (Å²) in [5.74, 6) is -4.02. The number of aromatic nitrogens is 2. The van der Waals surface area contributed by atoms with Crippen LogP contribution >= 0.6 is 0 Å². The van der Waals surface area contributed by atoms with E-state index < -0.39 is 54.6 Å². The van der Waals surface area contributed by atoms with Gasteiger partial charge in [-0.2, -0.15) is 0 Å². The lowest BCUT2D eigenvalue weighted by molar-refractivity contribution is -0.329. The number of carbonyl (C=O) groups excluding carboxylic acids is 4. The van der Waals surface area contributed by atoms with Crippen LogP contribution in [0.5, 0.6) is 23.3 Å². The molecule has 3 aromatic rings. The summed E-state index contributed by atoms with van der Waals surface area (Å²) in [6.07, 6.45) is -4.07. The Balaban J connectivity index is 1.96. The number of benzene rings is 2. The average Bonchev–Trinajstić information content (AvgIpc) is 3.34. The normalized spacial score (nSPS) is 20.4. The van der Waals surface area contributed by atoms with Crippen molar-refractivity contribution in [2.45, 2.75) is 78.1 Å². The highest BCUT2D eigenvalue weighted by Crippen LogP contribution is 2.42. The van der Waals surface area contributed by atoms with Crippen LogP contribution in [-0.4, -0.2) is 78.1 Å². The van der Waals surface area contributed by atoms with Crippen LogP contribution in [0.2, 0.25) is 0 Å². The molecule has 1 aliphatic heterocycles. The van der Waals surface area contributed by atoms with E-state index in [-0.39, 0.29) is 24.9 Å². The third kappa shape index (κ3) is 8.62. The van der Waals surface area contributed by atoms with Crippen LogP contribution in [0.3, 0.4) is 0 Å². The average molecular weight is 669 g/mol. The Hall–Kier alpha value is -5.11. The van der Waals surface area contributed by atoms with Gasteiger partial charge in [0.25, 0.3) is 0 Å². The Morgan fingerprint density at radius 2 is 1.56 bits per heavy atom. The second-order valence-electron chi connectivity index (χ2n) is 11.3. The number of hydrogen-bond acceptors (Lipinski definition) is 13. The summed E-state index contributed by atoms with van der Waals surface area (Å²) < 4.78 is 48.1. The van der Waals surface area contributed by atoms with E-state index in [0.717, 1.165) is 26.3 Å². The SMILES string of the molecule is COc1ccc(Cc2c(O[C@]3(OC(C)=O)[C@@H](OC(C)=O)CO[C@H](COC(C)=O)[C@H]3OC(C)=O)nn(C(C)C)c2Oc2ccccc2)cc1. The zero-order valence-corrected chi connectivity index (χ0v) is 27.9. The molecule has 0 saturated carbocycles. The molecule has 1 aliphatic rings. The van der Waals surface area contributed by atoms with Crippen molar-refractivity contribution in [3.63, 3.8) is 0 Å². The van der Waals surface area contributed by atoms with Gasteiger partial charge in [0.15, 0.2) is 0 Å². The van der Waals surface area contributed by atoms with Crippen molar-refractivity contribution < 1.29 is 57.1 Å². The van der Waals surface area contributed by atoms with E-state index >= 15 is 0 Å². The first-order chi connectivity index (χ1) is 22.8. The largest absolute Gasteiger partial charge is 0.497 e. The van der Waals surface area contributed by atoms with Gasteiger partial charge in [0.2, 0.25) is 24.0 Å². The van der Waals surface area contributed by atoms with E-state index in [9.17, 15) is 19.2 Å². The van der Waals surface area contributed by atoms with Gasteiger partial charge >= 0.3 is 29.7 Å². The van der Waals surface area contributed by atoms with Crippen molar-refractivity contribution in [1.82, 2.24) is 9.78 Å². The van der Waals surface area contributed by atoms with Gasteiger partial charge < -0.3 is 37.9 Å². The summed E-state index contributed by atoms with van der Waals surface area (Å²) in [6, 6.07) is 16.1. The maximum absolute atomic E-state index is 12.8. The summed E-state index contributed by atoms with van der Waals surface area (Å²) in [7, 11) is 1.57. The first kappa shape index (κ1) is 35.7. The Bertz CT molecular complexity index is 1590. The number of methoxy groups -OCH3 is 1. The van der Waals surface area contributed by atoms with Crippen molar-refractivity contribution in [2.75, 3.05) is 20.3 Å². The van der Waals surface area contributed by atoms with Crippen LogP contribution in [-0.2, 0) is 49.3 Å². The van der Waals surface area contributed by atoms with Gasteiger partial charge in [0, 0.05) is 34.1 Å². The van der Waals surface area contributed by atoms with E-state index in [0.29, 0.717) is 22.9 Å². The quantitative estimate of drug-likeness (QED) is 0.144. The minimum absolute atomic E-state index is 0.0749. The molecule has 4 atom stereocenters. The van der Waals surface area contributed by atoms with Gasteiger partial charge in [-0.05, 0) is 43.7 Å². The van der Waals surface area contributed by atoms with Crippen LogP contribution < -0.4 is 14.2 Å². The number of ether oxygens (including phenoxy) is 8. The Morgan fingerprint density at radius 1 is 0.896 bits per heavy atom. The molecule has 0 unspecified atom stereocenters. The molecule has 1 saturated heterocycles. The molecule has 2 heterocycles. The van der Waals surface area contributed by atoms with Crippen LogP contribution in [0.4, 0.5) is 0 Å². The fourth-order valence-electron chi connectivity index (χ4n) is 5.16. The minimum Gasteiger partial charge on any atom is -0.497 e. The Labute approximate surface area is 278 Å². The molecule has 14 nitrogen and oxygen atoms in total. The van der Waals surface area contributed by atoms with Gasteiger partial charge in [0.05, 0.1) is 25.3 Å². The Kier molecular flexibility index (Phi) is 11.7. The molecule has 1 aromatic heterocycles. The molecule has 0 aliphatic carbocycles. The summed E-state index contributed by atoms with van der Waals surface area (Å²) >= 11 is 0. The molecular weight excluding hydrogens is 628 g/mol. The molecule has 0 amide bonds. The van der Waals surface area contributed by atoms with Crippen molar-refractivity contribution in [2.24, 2.45) is 0 Å². The van der Waals surface area contributed by atoms with Crippen molar-refractivity contribution in [1.29, 1.82) is 0 Å². The lowest BCUT2D eigenvalue weighted by atomic mass is 9.94. The van der Waals surface area contributed by atoms with E-state index in [2.05, 4.69) is 0 Å². The standard InChI is InChI=1S/C34H40N2O12/c1-20(2)36-33(46-27-11-9-8-10-12-27)28(17-25-13-15-26(41-7)16-14-25)32(35-36)48-34(47-24(6)40)30(44-22(4)38)19-43-29(18-42-21(3)37)31(34)45-23(5)39/h8-16,20,29-31H,17-19H2,1-7H3/t29-,30+,31-,34-/m1/s1. The number of nitrogens with zero attached hydrogens (tertiary/aromatic N) is 2. The van der Waals surface area contributed by atoms with E-state index in [4.69, 9.17) is 43.0 Å². The lowest BCUT2D eigenvalue weighted by Gasteiger charge is -2.47. The molecule has 48 heavy (non-hydrogen) atoms. The third-order valence-corrected chi connectivity index (χ3v) is 7.17. The first-order valence-corrected chi connectivity index (χ1v) is 15.3. The summed E-state index contributed by atoms with van der Waals surface area (Å²) in [5.41, 5.74) is 1.24. The van der Waals surface area contributed by atoms with Gasteiger partial charge in [-0.25, -0.2) is 4.68 Å². The fraction of sp³-hybridized carbons (Fsp3) is 0.441. The van der Waals surface area contributed by atoms with Crippen LogP contribution in [0.15, 0.2) is 54.6 Å². The molecule has 0 N–H and O–H groups in total. The Morgan fingerprint density at radius 3 is 2.12 bits per heavy atom. The number of esters is 4. The number of hydrogen-bond donors (Lipinski definition) is 0. The number of rotatable bonds is 13. The predicted octanol–water partition coefficient (Wildman–Crippen LogP) is 4.32. The maximum atomic E-state index is 12.8. The molecule has 0 spiro atoms. The van der Waals surface area contributed by atoms with Crippen molar-refractivity contribution >= 4 is 23.9 Å². The van der Waals surface area contributed by atoms with Crippen molar-refractivity contribution in [3.8, 4) is 23.3 Å². The van der Waals surface area contributed by atoms with Gasteiger partial charge in [-0.15, -0.1) is 5.10 Å². The van der Waals surface area contributed by atoms with E-state index in [1.54, 1.807) is 36.1 Å². The topological polar surface area (TPSA) is 160 Å². The van der Waals surface area contributed by atoms with Crippen LogP contribution in [0.1, 0.15) is 58.7 Å². The highest BCUT2D eigenvalue weighted by molar-refractivity contribution is 5.69. The highest BCUT2D eigenvalue weighted by Gasteiger charge is 2.63. The van der Waals surface area contributed by atoms with Gasteiger partial charge in [0.1, 0.15) is 24.2 Å². The predicted molar refractivity (Wildman–Crippen MR) is 168 cm³/mol. The summed E-state index contributed by atoms with van der Waals surface area (Å²) in [6.45, 7) is 7.58. The van der Waals surface area contributed by atoms with E-state index in [1.165, 1.54) is 6.92 Å². The lowest BCUT2D eigenvalue weighted by Crippen LogP contribution is -2.70. The second kappa shape index (κ2) is 15.7. The first-order valence-electron chi connectivity index (χ1n) is 15.3.